The maximum Gasteiger partial charge on any atom is 0.255 e. The van der Waals surface area contributed by atoms with Crippen molar-refractivity contribution in [2.24, 2.45) is 5.73 Å². The van der Waals surface area contributed by atoms with Gasteiger partial charge in [0.2, 0.25) is 23.7 Å². The summed E-state index contributed by atoms with van der Waals surface area (Å²) in [6.45, 7) is 2.57. The van der Waals surface area contributed by atoms with Crippen LogP contribution < -0.4 is 21.3 Å². The van der Waals surface area contributed by atoms with Gasteiger partial charge >= 0.3 is 0 Å². The first-order valence-corrected chi connectivity index (χ1v) is 10.9. The van der Waals surface area contributed by atoms with Crippen molar-refractivity contribution >= 4 is 29.6 Å². The first-order chi connectivity index (χ1) is 15.5. The van der Waals surface area contributed by atoms with Gasteiger partial charge in [-0.25, -0.2) is 5.10 Å². The topological polar surface area (TPSA) is 149 Å². The quantitative estimate of drug-likeness (QED) is 0.481. The summed E-state index contributed by atoms with van der Waals surface area (Å²) in [5.74, 6) is 0.384. The van der Waals surface area contributed by atoms with Crippen LogP contribution in [0.2, 0.25) is 0 Å². The van der Waals surface area contributed by atoms with Gasteiger partial charge in [0.05, 0.1) is 0 Å². The Balaban J connectivity index is 1.21. The van der Waals surface area contributed by atoms with E-state index in [0.29, 0.717) is 37.0 Å². The standard InChI is InChI=1S/C21H26N8O3/c22-14-5-7-28(8-6-14)21-25-20(26-27-21)23-10-12-1-2-15-13(9-12)11-29(19(15)32)16-3-4-17(30)24-18(16)31/h1-2,9,14,16H,3-8,10-11,22H2,(H,24,30,31)(H2,23,25,26,27). The number of aromatic nitrogens is 3. The molecule has 11 heteroatoms. The van der Waals surface area contributed by atoms with Crippen molar-refractivity contribution in [3.8, 4) is 0 Å². The van der Waals surface area contributed by atoms with E-state index in [1.165, 1.54) is 0 Å². The molecule has 0 saturated carbocycles. The molecule has 11 nitrogen and oxygen atoms in total. The van der Waals surface area contributed by atoms with Crippen LogP contribution in [-0.2, 0) is 22.7 Å². The van der Waals surface area contributed by atoms with Gasteiger partial charge in [-0.05, 0) is 36.5 Å². The molecule has 1 atom stereocenters. The fraction of sp³-hybridized carbons (Fsp3) is 0.476. The molecule has 168 valence electrons. The number of anilines is 2. The SMILES string of the molecule is NC1CCN(c2n[nH]c(NCc3ccc4c(c3)CN(C3CCC(=O)NC3=O)C4=O)n2)CC1. The van der Waals surface area contributed by atoms with Gasteiger partial charge in [-0.2, -0.15) is 4.98 Å². The van der Waals surface area contributed by atoms with Gasteiger partial charge in [0, 0.05) is 44.2 Å². The Bertz CT molecular complexity index is 1060. The number of nitrogens with two attached hydrogens (primary N) is 1. The van der Waals surface area contributed by atoms with E-state index < -0.39 is 11.9 Å². The van der Waals surface area contributed by atoms with E-state index in [0.717, 1.165) is 37.1 Å². The molecule has 0 radical (unpaired) electrons. The fourth-order valence-corrected chi connectivity index (χ4v) is 4.50. The second-order valence-electron chi connectivity index (χ2n) is 8.55. The normalized spacial score (nSPS) is 21.7. The number of fused-ring (bicyclic) bond motifs is 1. The number of H-pyrrole nitrogens is 1. The lowest BCUT2D eigenvalue weighted by atomic mass is 10.0. The number of hydrogen-bond acceptors (Lipinski definition) is 8. The van der Waals surface area contributed by atoms with Crippen molar-refractivity contribution in [3.63, 3.8) is 0 Å². The molecule has 3 aliphatic heterocycles. The van der Waals surface area contributed by atoms with Gasteiger partial charge in [-0.3, -0.25) is 19.7 Å². The summed E-state index contributed by atoms with van der Waals surface area (Å²) in [6.07, 6.45) is 2.46. The number of piperidine rings is 2. The highest BCUT2D eigenvalue weighted by molar-refractivity contribution is 6.05. The molecule has 5 rings (SSSR count). The maximum atomic E-state index is 12.8. The lowest BCUT2D eigenvalue weighted by molar-refractivity contribution is -0.136. The highest BCUT2D eigenvalue weighted by atomic mass is 16.2. The van der Waals surface area contributed by atoms with Gasteiger partial charge in [0.25, 0.3) is 5.91 Å². The van der Waals surface area contributed by atoms with Crippen LogP contribution in [-0.4, -0.2) is 63.0 Å². The molecule has 1 aromatic carbocycles. The molecule has 2 fully saturated rings. The third kappa shape index (κ3) is 3.91. The van der Waals surface area contributed by atoms with Crippen molar-refractivity contribution in [1.29, 1.82) is 0 Å². The van der Waals surface area contributed by atoms with Crippen LogP contribution in [0.25, 0.3) is 0 Å². The second kappa shape index (κ2) is 8.23. The number of carbonyl (C=O) groups excluding carboxylic acids is 3. The Hall–Kier alpha value is -3.47. The third-order valence-corrected chi connectivity index (χ3v) is 6.34. The Morgan fingerprint density at radius 1 is 1.16 bits per heavy atom. The number of rotatable bonds is 5. The van der Waals surface area contributed by atoms with Gasteiger partial charge < -0.3 is 20.9 Å². The molecule has 5 N–H and O–H groups in total. The zero-order chi connectivity index (χ0) is 22.2. The number of hydrogen-bond donors (Lipinski definition) is 4. The van der Waals surface area contributed by atoms with E-state index >= 15 is 0 Å². The maximum absolute atomic E-state index is 12.8. The van der Waals surface area contributed by atoms with Crippen molar-refractivity contribution in [3.05, 3.63) is 34.9 Å². The zero-order valence-electron chi connectivity index (χ0n) is 17.6. The summed E-state index contributed by atoms with van der Waals surface area (Å²) in [5.41, 5.74) is 8.42. The molecule has 4 heterocycles. The van der Waals surface area contributed by atoms with Crippen LogP contribution in [0, 0.1) is 0 Å². The molecule has 1 unspecified atom stereocenters. The van der Waals surface area contributed by atoms with Crippen molar-refractivity contribution in [1.82, 2.24) is 25.4 Å². The summed E-state index contributed by atoms with van der Waals surface area (Å²) in [6, 6.07) is 5.30. The van der Waals surface area contributed by atoms with E-state index in [9.17, 15) is 14.4 Å². The molecule has 2 saturated heterocycles. The minimum absolute atomic E-state index is 0.171. The van der Waals surface area contributed by atoms with Crippen molar-refractivity contribution in [2.75, 3.05) is 23.3 Å². The molecule has 32 heavy (non-hydrogen) atoms. The summed E-state index contributed by atoms with van der Waals surface area (Å²) in [4.78, 5) is 44.6. The smallest absolute Gasteiger partial charge is 0.255 e. The highest BCUT2D eigenvalue weighted by Crippen LogP contribution is 2.28. The molecular weight excluding hydrogens is 412 g/mol. The molecule has 0 spiro atoms. The molecule has 3 amide bonds. The van der Waals surface area contributed by atoms with E-state index in [1.54, 1.807) is 11.0 Å². The summed E-state index contributed by atoms with van der Waals surface area (Å²) < 4.78 is 0. The predicted octanol–water partition coefficient (Wildman–Crippen LogP) is 0.105. The molecule has 3 aliphatic rings. The van der Waals surface area contributed by atoms with E-state index in [-0.39, 0.29) is 24.3 Å². The van der Waals surface area contributed by atoms with Gasteiger partial charge in [-0.15, -0.1) is 5.10 Å². The van der Waals surface area contributed by atoms with Crippen LogP contribution in [0.3, 0.4) is 0 Å². The zero-order valence-corrected chi connectivity index (χ0v) is 17.6. The Labute approximate surface area is 184 Å². The van der Waals surface area contributed by atoms with Crippen LogP contribution >= 0.6 is 0 Å². The number of aromatic amines is 1. The van der Waals surface area contributed by atoms with Crippen LogP contribution in [0.1, 0.15) is 47.2 Å². The van der Waals surface area contributed by atoms with Gasteiger partial charge in [0.15, 0.2) is 0 Å². The molecular formula is C21H26N8O3. The average Bonchev–Trinajstić information content (AvgIpc) is 3.38. The van der Waals surface area contributed by atoms with E-state index in [1.807, 2.05) is 12.1 Å². The third-order valence-electron chi connectivity index (χ3n) is 6.34. The van der Waals surface area contributed by atoms with E-state index in [2.05, 4.69) is 30.7 Å². The minimum Gasteiger partial charge on any atom is -0.350 e. The molecule has 0 bridgehead atoms. The molecule has 2 aromatic rings. The first kappa shape index (κ1) is 20.4. The number of imide groups is 1. The number of nitrogens with one attached hydrogen (secondary N) is 3. The van der Waals surface area contributed by atoms with Crippen molar-refractivity contribution < 1.29 is 14.4 Å². The minimum atomic E-state index is -0.605. The molecule has 0 aliphatic carbocycles. The predicted molar refractivity (Wildman–Crippen MR) is 116 cm³/mol. The largest absolute Gasteiger partial charge is 0.350 e. The van der Waals surface area contributed by atoms with E-state index in [4.69, 9.17) is 5.73 Å². The fourth-order valence-electron chi connectivity index (χ4n) is 4.50. The average molecular weight is 438 g/mol. The Kier molecular flexibility index (Phi) is 5.25. The molecule has 1 aromatic heterocycles. The Morgan fingerprint density at radius 3 is 2.75 bits per heavy atom. The van der Waals surface area contributed by atoms with Crippen LogP contribution in [0.15, 0.2) is 18.2 Å². The van der Waals surface area contributed by atoms with Crippen LogP contribution in [0.5, 0.6) is 0 Å². The first-order valence-electron chi connectivity index (χ1n) is 10.9. The monoisotopic (exact) mass is 438 g/mol. The number of benzene rings is 1. The van der Waals surface area contributed by atoms with Gasteiger partial charge in [-0.1, -0.05) is 12.1 Å². The van der Waals surface area contributed by atoms with Crippen molar-refractivity contribution in [2.45, 2.75) is 50.9 Å². The second-order valence-corrected chi connectivity index (χ2v) is 8.55. The lowest BCUT2D eigenvalue weighted by Gasteiger charge is -2.29. The number of nitrogens with zero attached hydrogens (tertiary/aromatic N) is 4. The van der Waals surface area contributed by atoms with Gasteiger partial charge in [0.1, 0.15) is 6.04 Å². The number of amides is 3. The lowest BCUT2D eigenvalue weighted by Crippen LogP contribution is -2.52. The Morgan fingerprint density at radius 2 is 1.97 bits per heavy atom. The van der Waals surface area contributed by atoms with Crippen LogP contribution in [0.4, 0.5) is 11.9 Å². The summed E-state index contributed by atoms with van der Waals surface area (Å²) >= 11 is 0. The summed E-state index contributed by atoms with van der Waals surface area (Å²) in [7, 11) is 0. The summed E-state index contributed by atoms with van der Waals surface area (Å²) in [5, 5.41) is 12.8. The highest BCUT2D eigenvalue weighted by Gasteiger charge is 2.39. The number of carbonyl (C=O) groups is 3.